The summed E-state index contributed by atoms with van der Waals surface area (Å²) in [6.07, 6.45) is -14.7. The summed E-state index contributed by atoms with van der Waals surface area (Å²) >= 11 is 15.0. The molecule has 0 aromatic carbocycles. The summed E-state index contributed by atoms with van der Waals surface area (Å²) in [6, 6.07) is -6.15. The fourth-order valence-electron chi connectivity index (χ4n) is 2.31. The molecule has 0 saturated carbocycles. The van der Waals surface area contributed by atoms with E-state index < -0.39 is 102 Å². The summed E-state index contributed by atoms with van der Waals surface area (Å²) in [6.45, 7) is 0. The Balaban J connectivity index is 6.74. The van der Waals surface area contributed by atoms with Crippen molar-refractivity contribution in [2.75, 3.05) is 0 Å². The quantitative estimate of drug-likeness (QED) is 0.0758. The van der Waals surface area contributed by atoms with Crippen molar-refractivity contribution in [2.24, 2.45) is 0 Å². The highest BCUT2D eigenvalue weighted by Crippen LogP contribution is 2.61. The summed E-state index contributed by atoms with van der Waals surface area (Å²) in [5, 5.41) is 0. The number of alkyl halides is 21. The van der Waals surface area contributed by atoms with E-state index in [0.717, 1.165) is 0 Å². The first kappa shape index (κ1) is 42.0. The predicted octanol–water partition coefficient (Wildman–Crippen LogP) is 11.0. The second-order valence-corrected chi connectivity index (χ2v) is 17.2. The fraction of sp³-hybridized carbons (Fsp3) is 0.750. The van der Waals surface area contributed by atoms with E-state index in [4.69, 9.17) is 33.2 Å². The van der Waals surface area contributed by atoms with E-state index in [2.05, 4.69) is 0 Å². The van der Waals surface area contributed by atoms with Gasteiger partial charge < -0.3 is 0 Å². The molecule has 0 bridgehead atoms. The Labute approximate surface area is 236 Å². The molecule has 0 nitrogen and oxygen atoms in total. The van der Waals surface area contributed by atoms with Gasteiger partial charge in [0.15, 0.2) is 11.7 Å². The van der Waals surface area contributed by atoms with Crippen LogP contribution in [0, 0.1) is 0 Å². The van der Waals surface area contributed by atoms with Crippen molar-refractivity contribution < 1.29 is 101 Å². The van der Waals surface area contributed by atoms with Gasteiger partial charge in [0, 0.05) is 6.42 Å². The summed E-state index contributed by atoms with van der Waals surface area (Å²) in [5.74, 6) is -79.5. The van der Waals surface area contributed by atoms with Crippen molar-refractivity contribution in [3.8, 4) is 0 Å². The zero-order valence-corrected chi connectivity index (χ0v) is 22.2. The lowest BCUT2D eigenvalue weighted by molar-refractivity contribution is -0.419. The van der Waals surface area contributed by atoms with Crippen molar-refractivity contribution in [3.05, 3.63) is 23.8 Å². The first-order valence-electron chi connectivity index (χ1n) is 9.53. The Kier molecular flexibility index (Phi) is 11.4. The highest BCUT2D eigenvalue weighted by molar-refractivity contribution is 7.64. The number of halogens is 26. The van der Waals surface area contributed by atoms with Crippen LogP contribution in [0.3, 0.4) is 0 Å². The maximum atomic E-state index is 13.7. The largest absolute Gasteiger partial charge is 0.460 e. The lowest BCUT2D eigenvalue weighted by Gasteiger charge is -2.39. The molecule has 0 aromatic heterocycles. The molecular formula is C16H6Cl3F23Si. The first-order chi connectivity index (χ1) is 18.3. The minimum absolute atomic E-state index is 1.72. The molecule has 0 radical (unpaired) electrons. The van der Waals surface area contributed by atoms with Gasteiger partial charge in [-0.15, -0.1) is 33.2 Å². The van der Waals surface area contributed by atoms with Crippen LogP contribution in [0.1, 0.15) is 6.42 Å². The number of rotatable bonds is 13. The van der Waals surface area contributed by atoms with Crippen LogP contribution in [0.4, 0.5) is 101 Å². The second-order valence-electron chi connectivity index (χ2n) is 7.94. The minimum atomic E-state index is -8.32. The van der Waals surface area contributed by atoms with Crippen LogP contribution in [0.5, 0.6) is 0 Å². The van der Waals surface area contributed by atoms with Crippen LogP contribution in [0.25, 0.3) is 0 Å². The normalized spacial score (nSPS) is 17.1. The van der Waals surface area contributed by atoms with E-state index in [1.54, 1.807) is 0 Å². The Morgan fingerprint density at radius 3 is 0.977 bits per heavy atom. The second kappa shape index (κ2) is 11.6. The molecule has 0 spiro atoms. The summed E-state index contributed by atoms with van der Waals surface area (Å²) in [4.78, 5) is 0. The van der Waals surface area contributed by atoms with Crippen LogP contribution in [-0.2, 0) is 0 Å². The molecule has 0 atom stereocenters. The fourth-order valence-corrected chi connectivity index (χ4v) is 3.76. The van der Waals surface area contributed by atoms with Gasteiger partial charge in [0.25, 0.3) is 0 Å². The highest BCUT2D eigenvalue weighted by atomic mass is 35.8. The van der Waals surface area contributed by atoms with E-state index in [0.29, 0.717) is 0 Å². The van der Waals surface area contributed by atoms with Gasteiger partial charge in [-0.25, -0.2) is 8.78 Å². The van der Waals surface area contributed by atoms with Crippen molar-refractivity contribution in [1.82, 2.24) is 0 Å². The summed E-state index contributed by atoms with van der Waals surface area (Å²) < 4.78 is 305. The number of hydrogen-bond donors (Lipinski definition) is 0. The molecule has 0 aliphatic carbocycles. The van der Waals surface area contributed by atoms with E-state index in [1.165, 1.54) is 0 Å². The van der Waals surface area contributed by atoms with Crippen molar-refractivity contribution in [1.29, 1.82) is 0 Å². The van der Waals surface area contributed by atoms with Crippen LogP contribution in [0.15, 0.2) is 23.8 Å². The molecule has 0 fully saturated rings. The molecule has 0 amide bonds. The smallest absolute Gasteiger partial charge is 0.205 e. The van der Waals surface area contributed by atoms with Crippen LogP contribution in [-0.4, -0.2) is 65.5 Å². The molecular weight excluding hydrogens is 764 g/mol. The first-order valence-corrected chi connectivity index (χ1v) is 14.8. The van der Waals surface area contributed by atoms with Gasteiger partial charge >= 0.3 is 65.5 Å². The third-order valence-electron chi connectivity index (χ3n) is 4.88. The predicted molar refractivity (Wildman–Crippen MR) is 102 cm³/mol. The van der Waals surface area contributed by atoms with E-state index in [9.17, 15) is 101 Å². The van der Waals surface area contributed by atoms with E-state index in [-0.39, 0.29) is 0 Å². The van der Waals surface area contributed by atoms with Gasteiger partial charge in [-0.2, -0.15) is 92.2 Å². The number of allylic oxidation sites excluding steroid dienone is 4. The SMILES string of the molecule is F/C(=C\C=C(/F)C(F)(F)C(F)(F)C(F)(F)C(F)(F)C(F)(F)CC[Si](Cl)(Cl)Cl)C(F)(F)C(F)(F)C(F)(F)C(F)(F)C(F)(F)F. The molecule has 0 saturated heterocycles. The molecule has 27 heteroatoms. The highest BCUT2D eigenvalue weighted by Gasteiger charge is 2.88. The Bertz CT molecular complexity index is 1070. The van der Waals surface area contributed by atoms with Gasteiger partial charge in [0.05, 0.1) is 0 Å². The van der Waals surface area contributed by atoms with Crippen molar-refractivity contribution >= 4 is 39.2 Å². The molecule has 0 unspecified atom stereocenters. The zero-order valence-electron chi connectivity index (χ0n) is 18.9. The molecule has 0 heterocycles. The van der Waals surface area contributed by atoms with Crippen LogP contribution < -0.4 is 0 Å². The van der Waals surface area contributed by atoms with Gasteiger partial charge in [-0.3, -0.25) is 0 Å². The Morgan fingerprint density at radius 1 is 0.442 bits per heavy atom. The average molecular weight is 770 g/mol. The third-order valence-corrected chi connectivity index (χ3v) is 7.40. The molecule has 0 aliphatic heterocycles. The van der Waals surface area contributed by atoms with E-state index >= 15 is 0 Å². The maximum absolute atomic E-state index is 13.7. The minimum Gasteiger partial charge on any atom is -0.205 e. The molecule has 0 N–H and O–H groups in total. The molecule has 0 aromatic rings. The molecule has 0 rings (SSSR count). The van der Waals surface area contributed by atoms with Gasteiger partial charge in [0.1, 0.15) is 0 Å². The van der Waals surface area contributed by atoms with Crippen LogP contribution >= 0.6 is 33.2 Å². The summed E-state index contributed by atoms with van der Waals surface area (Å²) in [5.41, 5.74) is 0. The average Bonchev–Trinajstić information content (AvgIpc) is 2.78. The molecule has 256 valence electrons. The zero-order chi connectivity index (χ0) is 35.5. The Hall–Kier alpha value is -1.04. The monoisotopic (exact) mass is 768 g/mol. The standard InChI is InChI=1S/C16H6Cl3F23Si/c17-43(18,19)4-3-7(22,23)10(28,29)13(34,35)11(30,31)8(24,25)5(20)1-2-6(21)9(26,27)12(32,33)14(36,37)15(38,39)16(40,41)42/h1-2H,3-4H2/b5-1-,6-2-. The van der Waals surface area contributed by atoms with Crippen LogP contribution in [0.2, 0.25) is 6.04 Å². The maximum Gasteiger partial charge on any atom is 0.460 e. The van der Waals surface area contributed by atoms with Crippen molar-refractivity contribution in [2.45, 2.75) is 71.9 Å². The molecule has 43 heavy (non-hydrogen) atoms. The van der Waals surface area contributed by atoms with Gasteiger partial charge in [-0.1, -0.05) is 0 Å². The lowest BCUT2D eigenvalue weighted by Crippen LogP contribution is -2.67. The van der Waals surface area contributed by atoms with Gasteiger partial charge in [-0.05, 0) is 18.2 Å². The lowest BCUT2D eigenvalue weighted by atomic mass is 9.92. The summed E-state index contributed by atoms with van der Waals surface area (Å²) in [7, 11) is 0. The topological polar surface area (TPSA) is 0 Å². The molecule has 0 aliphatic rings. The van der Waals surface area contributed by atoms with E-state index in [1.807, 2.05) is 0 Å². The van der Waals surface area contributed by atoms with Crippen molar-refractivity contribution in [3.63, 3.8) is 0 Å². The third kappa shape index (κ3) is 6.89. The van der Waals surface area contributed by atoms with Gasteiger partial charge in [0.2, 0.25) is 0 Å². The Morgan fingerprint density at radius 2 is 0.721 bits per heavy atom. The number of hydrogen-bond acceptors (Lipinski definition) is 0.